The molecule has 0 amide bonds. The highest BCUT2D eigenvalue weighted by Gasteiger charge is 2.44. The zero-order chi connectivity index (χ0) is 7.07. The molecule has 4 heteroatoms. The molecule has 0 aromatic heterocycles. The Morgan fingerprint density at radius 3 is 2.33 bits per heavy atom. The van der Waals surface area contributed by atoms with Crippen LogP contribution in [-0.2, 0) is 9.05 Å². The fourth-order valence-electron chi connectivity index (χ4n) is 0.994. The molecular weight excluding hydrogens is 160 g/mol. The third-order valence-corrected chi connectivity index (χ3v) is 3.73. The highest BCUT2D eigenvalue weighted by Crippen LogP contribution is 2.41. The molecule has 54 valence electrons. The highest BCUT2D eigenvalue weighted by atomic mass is 35.7. The van der Waals surface area contributed by atoms with E-state index in [9.17, 15) is 8.42 Å². The van der Waals surface area contributed by atoms with Crippen LogP contribution in [0.5, 0.6) is 0 Å². The van der Waals surface area contributed by atoms with Gasteiger partial charge >= 0.3 is 0 Å². The molecule has 2 atom stereocenters. The van der Waals surface area contributed by atoms with E-state index in [1.54, 1.807) is 0 Å². The minimum Gasteiger partial charge on any atom is -0.212 e. The first-order chi connectivity index (χ1) is 4.05. The van der Waals surface area contributed by atoms with Gasteiger partial charge in [0, 0.05) is 10.7 Å². The Labute approximate surface area is 59.6 Å². The first kappa shape index (κ1) is 7.35. The van der Waals surface area contributed by atoms with Gasteiger partial charge in [-0.25, -0.2) is 8.42 Å². The van der Waals surface area contributed by atoms with Crippen LogP contribution in [0.3, 0.4) is 0 Å². The molecule has 0 N–H and O–H groups in total. The molecular formula is C5H9ClO2S. The summed E-state index contributed by atoms with van der Waals surface area (Å²) in [5.41, 5.74) is 0. The van der Waals surface area contributed by atoms with Gasteiger partial charge in [-0.05, 0) is 12.3 Å². The van der Waals surface area contributed by atoms with Crippen LogP contribution in [-0.4, -0.2) is 13.7 Å². The maximum Gasteiger partial charge on any atom is 0.235 e. The van der Waals surface area contributed by atoms with Gasteiger partial charge in [0.05, 0.1) is 5.25 Å². The van der Waals surface area contributed by atoms with Crippen LogP contribution in [0.15, 0.2) is 0 Å². The maximum absolute atomic E-state index is 10.5. The lowest BCUT2D eigenvalue weighted by atomic mass is 10.3. The number of rotatable bonds is 2. The minimum absolute atomic E-state index is 0.232. The molecule has 1 fully saturated rings. The molecule has 0 aromatic rings. The summed E-state index contributed by atoms with van der Waals surface area (Å²) in [5.74, 6) is 0.340. The molecule has 0 spiro atoms. The maximum atomic E-state index is 10.5. The third-order valence-electron chi connectivity index (χ3n) is 1.74. The van der Waals surface area contributed by atoms with Crippen molar-refractivity contribution in [2.24, 2.45) is 5.92 Å². The van der Waals surface area contributed by atoms with Crippen LogP contribution in [0.2, 0.25) is 0 Å². The van der Waals surface area contributed by atoms with Gasteiger partial charge in [0.25, 0.3) is 0 Å². The molecule has 0 aromatic carbocycles. The predicted octanol–water partition coefficient (Wildman–Crippen LogP) is 1.35. The second kappa shape index (κ2) is 2.13. The van der Waals surface area contributed by atoms with E-state index >= 15 is 0 Å². The van der Waals surface area contributed by atoms with Crippen molar-refractivity contribution in [1.29, 1.82) is 0 Å². The third kappa shape index (κ3) is 1.58. The average molecular weight is 169 g/mol. The minimum atomic E-state index is -3.22. The topological polar surface area (TPSA) is 34.1 Å². The summed E-state index contributed by atoms with van der Waals surface area (Å²) in [6, 6.07) is 0. The number of hydrogen-bond acceptors (Lipinski definition) is 2. The Morgan fingerprint density at radius 1 is 1.67 bits per heavy atom. The number of halogens is 1. The molecule has 1 aliphatic rings. The van der Waals surface area contributed by atoms with Crippen LogP contribution in [0.1, 0.15) is 19.8 Å². The summed E-state index contributed by atoms with van der Waals surface area (Å²) < 4.78 is 21.1. The Kier molecular flexibility index (Phi) is 1.74. The normalized spacial score (nSPS) is 34.4. The fraction of sp³-hybridized carbons (Fsp3) is 1.00. The molecule has 9 heavy (non-hydrogen) atoms. The first-order valence-corrected chi connectivity index (χ1v) is 5.36. The largest absolute Gasteiger partial charge is 0.235 e. The molecule has 0 saturated heterocycles. The van der Waals surface area contributed by atoms with Crippen molar-refractivity contribution >= 4 is 19.7 Å². The van der Waals surface area contributed by atoms with Gasteiger partial charge in [-0.1, -0.05) is 13.3 Å². The Hall–Kier alpha value is 0.240. The molecule has 0 bridgehead atoms. The predicted molar refractivity (Wildman–Crippen MR) is 37.0 cm³/mol. The lowest BCUT2D eigenvalue weighted by Crippen LogP contribution is -1.98. The molecule has 1 aliphatic carbocycles. The van der Waals surface area contributed by atoms with E-state index in [0.29, 0.717) is 5.92 Å². The molecule has 1 saturated carbocycles. The smallest absolute Gasteiger partial charge is 0.212 e. The van der Waals surface area contributed by atoms with Crippen LogP contribution in [0.25, 0.3) is 0 Å². The second-order valence-corrected chi connectivity index (χ2v) is 5.27. The second-order valence-electron chi connectivity index (χ2n) is 2.42. The summed E-state index contributed by atoms with van der Waals surface area (Å²) in [5, 5.41) is -0.232. The quantitative estimate of drug-likeness (QED) is 0.584. The van der Waals surface area contributed by atoms with E-state index in [2.05, 4.69) is 0 Å². The average Bonchev–Trinajstić information content (AvgIpc) is 2.39. The van der Waals surface area contributed by atoms with Crippen LogP contribution >= 0.6 is 10.7 Å². The van der Waals surface area contributed by atoms with Crippen molar-refractivity contribution in [2.45, 2.75) is 25.0 Å². The number of hydrogen-bond donors (Lipinski definition) is 0. The van der Waals surface area contributed by atoms with Crippen LogP contribution < -0.4 is 0 Å². The molecule has 2 nitrogen and oxygen atoms in total. The van der Waals surface area contributed by atoms with Gasteiger partial charge in [0.1, 0.15) is 0 Å². The standard InChI is InChI=1S/C5H9ClO2S/c1-2-4-3-5(4)9(6,7)8/h4-5H,2-3H2,1H3/t4-,5-/m1/s1. The lowest BCUT2D eigenvalue weighted by Gasteiger charge is -1.88. The Morgan fingerprint density at radius 2 is 2.22 bits per heavy atom. The van der Waals surface area contributed by atoms with Gasteiger partial charge in [-0.2, -0.15) is 0 Å². The summed E-state index contributed by atoms with van der Waals surface area (Å²) in [6.07, 6.45) is 1.69. The first-order valence-electron chi connectivity index (χ1n) is 2.99. The van der Waals surface area contributed by atoms with E-state index in [1.807, 2.05) is 6.92 Å². The molecule has 0 heterocycles. The van der Waals surface area contributed by atoms with E-state index in [-0.39, 0.29) is 5.25 Å². The monoisotopic (exact) mass is 168 g/mol. The van der Waals surface area contributed by atoms with Crippen LogP contribution in [0.4, 0.5) is 0 Å². The molecule has 0 radical (unpaired) electrons. The summed E-state index contributed by atoms with van der Waals surface area (Å²) in [6.45, 7) is 1.98. The van der Waals surface area contributed by atoms with Gasteiger partial charge < -0.3 is 0 Å². The van der Waals surface area contributed by atoms with E-state index in [4.69, 9.17) is 10.7 Å². The van der Waals surface area contributed by atoms with E-state index in [0.717, 1.165) is 12.8 Å². The zero-order valence-corrected chi connectivity index (χ0v) is 6.74. The van der Waals surface area contributed by atoms with E-state index in [1.165, 1.54) is 0 Å². The fourth-order valence-corrected chi connectivity index (χ4v) is 2.78. The zero-order valence-electron chi connectivity index (χ0n) is 5.17. The van der Waals surface area contributed by atoms with Crippen molar-refractivity contribution in [1.82, 2.24) is 0 Å². The summed E-state index contributed by atoms with van der Waals surface area (Å²) in [4.78, 5) is 0. The Bertz CT molecular complexity index is 197. The summed E-state index contributed by atoms with van der Waals surface area (Å²) >= 11 is 0. The van der Waals surface area contributed by atoms with Crippen LogP contribution in [0, 0.1) is 5.92 Å². The van der Waals surface area contributed by atoms with Crippen molar-refractivity contribution in [3.8, 4) is 0 Å². The molecule has 0 unspecified atom stereocenters. The van der Waals surface area contributed by atoms with Gasteiger partial charge in [-0.3, -0.25) is 0 Å². The van der Waals surface area contributed by atoms with Gasteiger partial charge in [0.2, 0.25) is 9.05 Å². The van der Waals surface area contributed by atoms with Crippen molar-refractivity contribution in [3.63, 3.8) is 0 Å². The summed E-state index contributed by atoms with van der Waals surface area (Å²) in [7, 11) is 1.86. The van der Waals surface area contributed by atoms with Crippen molar-refractivity contribution in [2.75, 3.05) is 0 Å². The van der Waals surface area contributed by atoms with Crippen molar-refractivity contribution in [3.05, 3.63) is 0 Å². The molecule has 1 rings (SSSR count). The molecule has 0 aliphatic heterocycles. The van der Waals surface area contributed by atoms with E-state index < -0.39 is 9.05 Å². The highest BCUT2D eigenvalue weighted by molar-refractivity contribution is 8.14. The van der Waals surface area contributed by atoms with Gasteiger partial charge in [-0.15, -0.1) is 0 Å². The SMILES string of the molecule is CC[C@@H]1C[C@H]1S(=O)(=O)Cl. The van der Waals surface area contributed by atoms with Crippen molar-refractivity contribution < 1.29 is 8.42 Å². The lowest BCUT2D eigenvalue weighted by molar-refractivity contribution is 0.605. The Balaban J connectivity index is 2.53. The van der Waals surface area contributed by atoms with Gasteiger partial charge in [0.15, 0.2) is 0 Å².